The molecule has 1 aromatic rings. The van der Waals surface area contributed by atoms with Crippen molar-refractivity contribution < 1.29 is 22.7 Å². The van der Waals surface area contributed by atoms with Gasteiger partial charge in [0.1, 0.15) is 5.75 Å². The first-order chi connectivity index (χ1) is 12.4. The zero-order chi connectivity index (χ0) is 18.6. The second kappa shape index (κ2) is 8.29. The van der Waals surface area contributed by atoms with Gasteiger partial charge in [-0.25, -0.2) is 0 Å². The molecule has 2 aliphatic rings. The Bertz CT molecular complexity index is 622. The summed E-state index contributed by atoms with van der Waals surface area (Å²) < 4.78 is 45.0. The van der Waals surface area contributed by atoms with Gasteiger partial charge >= 0.3 is 6.18 Å². The number of piperidine rings is 2. The molecule has 2 aliphatic heterocycles. The predicted octanol–water partition coefficient (Wildman–Crippen LogP) is 3.56. The Morgan fingerprint density at radius 2 is 1.85 bits per heavy atom. The number of alkyl halides is 3. The van der Waals surface area contributed by atoms with E-state index in [0.29, 0.717) is 11.3 Å². The van der Waals surface area contributed by atoms with Gasteiger partial charge < -0.3 is 15.0 Å². The van der Waals surface area contributed by atoms with Crippen molar-refractivity contribution in [3.05, 3.63) is 29.3 Å². The molecule has 0 bridgehead atoms. The lowest BCUT2D eigenvalue weighted by Crippen LogP contribution is -2.38. The third-order valence-corrected chi connectivity index (χ3v) is 5.18. The molecule has 0 aliphatic carbocycles. The number of nitrogens with zero attached hydrogens (tertiary/aromatic N) is 1. The highest BCUT2D eigenvalue weighted by Gasteiger charge is 2.32. The Hall–Kier alpha value is -1.76. The summed E-state index contributed by atoms with van der Waals surface area (Å²) in [7, 11) is 0. The van der Waals surface area contributed by atoms with E-state index >= 15 is 0 Å². The molecule has 7 heteroatoms. The third-order valence-electron chi connectivity index (χ3n) is 5.18. The van der Waals surface area contributed by atoms with Crippen LogP contribution in [0.4, 0.5) is 13.2 Å². The molecule has 1 N–H and O–H groups in total. The molecule has 2 fully saturated rings. The Kier molecular flexibility index (Phi) is 6.06. The summed E-state index contributed by atoms with van der Waals surface area (Å²) in [4.78, 5) is 14.1. The van der Waals surface area contributed by atoms with E-state index < -0.39 is 11.7 Å². The SMILES string of the molecule is O=C(COc1ccc(C(F)(F)F)cc1C1CCNCC1)N1CCCCC1. The fourth-order valence-corrected chi connectivity index (χ4v) is 3.68. The zero-order valence-electron chi connectivity index (χ0n) is 14.8. The quantitative estimate of drug-likeness (QED) is 0.881. The standard InChI is InChI=1S/C19H25F3N2O2/c20-19(21,22)15-4-5-17(16(12-15)14-6-8-23-9-7-14)26-13-18(25)24-10-2-1-3-11-24/h4-5,12,14,23H,1-3,6-11,13H2. The van der Waals surface area contributed by atoms with Crippen LogP contribution >= 0.6 is 0 Å². The van der Waals surface area contributed by atoms with Crippen LogP contribution in [-0.4, -0.2) is 43.6 Å². The van der Waals surface area contributed by atoms with Gasteiger partial charge in [0.05, 0.1) is 5.56 Å². The van der Waals surface area contributed by atoms with E-state index in [4.69, 9.17) is 4.74 Å². The molecule has 3 rings (SSSR count). The van der Waals surface area contributed by atoms with Crippen LogP contribution in [0.25, 0.3) is 0 Å². The number of benzene rings is 1. The van der Waals surface area contributed by atoms with Crippen LogP contribution in [0.15, 0.2) is 18.2 Å². The van der Waals surface area contributed by atoms with Crippen molar-refractivity contribution in [1.29, 1.82) is 0 Å². The van der Waals surface area contributed by atoms with Crippen molar-refractivity contribution in [3.8, 4) is 5.75 Å². The molecular formula is C19H25F3N2O2. The highest BCUT2D eigenvalue weighted by molar-refractivity contribution is 5.77. The van der Waals surface area contributed by atoms with Crippen molar-refractivity contribution in [2.75, 3.05) is 32.8 Å². The number of amides is 1. The van der Waals surface area contributed by atoms with E-state index in [9.17, 15) is 18.0 Å². The summed E-state index contributed by atoms with van der Waals surface area (Å²) in [5.74, 6) is 0.315. The van der Waals surface area contributed by atoms with Crippen LogP contribution in [0, 0.1) is 0 Å². The molecule has 0 atom stereocenters. The van der Waals surface area contributed by atoms with Gasteiger partial charge in [0.2, 0.25) is 0 Å². The molecule has 0 spiro atoms. The third kappa shape index (κ3) is 4.69. The van der Waals surface area contributed by atoms with Crippen molar-refractivity contribution >= 4 is 5.91 Å². The summed E-state index contributed by atoms with van der Waals surface area (Å²) >= 11 is 0. The van der Waals surface area contributed by atoms with E-state index in [2.05, 4.69) is 5.32 Å². The minimum Gasteiger partial charge on any atom is -0.483 e. The fourth-order valence-electron chi connectivity index (χ4n) is 3.68. The number of hydrogen-bond acceptors (Lipinski definition) is 3. The number of likely N-dealkylation sites (tertiary alicyclic amines) is 1. The first kappa shape index (κ1) is 19.0. The number of carbonyl (C=O) groups is 1. The summed E-state index contributed by atoms with van der Waals surface area (Å²) in [6.07, 6.45) is 0.251. The summed E-state index contributed by atoms with van der Waals surface area (Å²) in [5, 5.41) is 3.22. The Morgan fingerprint density at radius 1 is 1.15 bits per heavy atom. The van der Waals surface area contributed by atoms with E-state index in [1.807, 2.05) is 0 Å². The number of nitrogens with one attached hydrogen (secondary N) is 1. The molecule has 26 heavy (non-hydrogen) atoms. The Balaban J connectivity index is 1.75. The molecule has 2 saturated heterocycles. The smallest absolute Gasteiger partial charge is 0.416 e. The molecule has 2 heterocycles. The summed E-state index contributed by atoms with van der Waals surface area (Å²) in [6, 6.07) is 3.59. The number of hydrogen-bond donors (Lipinski definition) is 1. The second-order valence-electron chi connectivity index (χ2n) is 7.00. The van der Waals surface area contributed by atoms with Gasteiger partial charge in [0, 0.05) is 13.1 Å². The van der Waals surface area contributed by atoms with Gasteiger partial charge in [-0.05, 0) is 74.9 Å². The van der Waals surface area contributed by atoms with Crippen molar-refractivity contribution in [1.82, 2.24) is 10.2 Å². The summed E-state index contributed by atoms with van der Waals surface area (Å²) in [5.41, 5.74) is -0.103. The molecule has 1 amide bonds. The average Bonchev–Trinajstić information content (AvgIpc) is 2.66. The maximum atomic E-state index is 13.1. The van der Waals surface area contributed by atoms with Crippen LogP contribution in [0.5, 0.6) is 5.75 Å². The fraction of sp³-hybridized carbons (Fsp3) is 0.632. The molecule has 0 saturated carbocycles. The van der Waals surface area contributed by atoms with E-state index in [1.165, 1.54) is 12.1 Å². The van der Waals surface area contributed by atoms with Crippen LogP contribution in [0.2, 0.25) is 0 Å². The number of halogens is 3. The van der Waals surface area contributed by atoms with Gasteiger partial charge in [0.15, 0.2) is 6.61 Å². The number of ether oxygens (including phenoxy) is 1. The molecule has 0 radical (unpaired) electrons. The van der Waals surface area contributed by atoms with Crippen LogP contribution in [0.3, 0.4) is 0 Å². The highest BCUT2D eigenvalue weighted by atomic mass is 19.4. The van der Waals surface area contributed by atoms with Gasteiger partial charge in [0.25, 0.3) is 5.91 Å². The summed E-state index contributed by atoms with van der Waals surface area (Å²) in [6.45, 7) is 2.89. The van der Waals surface area contributed by atoms with Gasteiger partial charge in [-0.15, -0.1) is 0 Å². The Morgan fingerprint density at radius 3 is 2.50 bits per heavy atom. The molecular weight excluding hydrogens is 345 g/mol. The largest absolute Gasteiger partial charge is 0.483 e. The van der Waals surface area contributed by atoms with Crippen LogP contribution in [0.1, 0.15) is 49.1 Å². The van der Waals surface area contributed by atoms with Gasteiger partial charge in [-0.3, -0.25) is 4.79 Å². The minimum absolute atomic E-state index is 0.0126. The maximum Gasteiger partial charge on any atom is 0.416 e. The van der Waals surface area contributed by atoms with Crippen LogP contribution < -0.4 is 10.1 Å². The van der Waals surface area contributed by atoms with Crippen molar-refractivity contribution in [3.63, 3.8) is 0 Å². The molecule has 1 aromatic carbocycles. The molecule has 144 valence electrons. The lowest BCUT2D eigenvalue weighted by atomic mass is 9.88. The first-order valence-corrected chi connectivity index (χ1v) is 9.27. The topological polar surface area (TPSA) is 41.6 Å². The normalized spacial score (nSPS) is 19.4. The molecule has 0 unspecified atom stereocenters. The van der Waals surface area contributed by atoms with Crippen LogP contribution in [-0.2, 0) is 11.0 Å². The van der Waals surface area contributed by atoms with E-state index in [1.54, 1.807) is 4.90 Å². The zero-order valence-corrected chi connectivity index (χ0v) is 14.8. The Labute approximate surface area is 151 Å². The van der Waals surface area contributed by atoms with Crippen molar-refractivity contribution in [2.45, 2.75) is 44.2 Å². The highest BCUT2D eigenvalue weighted by Crippen LogP contribution is 2.38. The van der Waals surface area contributed by atoms with Gasteiger partial charge in [-0.2, -0.15) is 13.2 Å². The predicted molar refractivity (Wildman–Crippen MR) is 92.2 cm³/mol. The average molecular weight is 370 g/mol. The lowest BCUT2D eigenvalue weighted by molar-refractivity contribution is -0.138. The second-order valence-corrected chi connectivity index (χ2v) is 7.00. The number of rotatable bonds is 4. The van der Waals surface area contributed by atoms with E-state index in [0.717, 1.165) is 64.3 Å². The first-order valence-electron chi connectivity index (χ1n) is 9.27. The minimum atomic E-state index is -4.39. The monoisotopic (exact) mass is 370 g/mol. The van der Waals surface area contributed by atoms with E-state index in [-0.39, 0.29) is 18.4 Å². The van der Waals surface area contributed by atoms with Gasteiger partial charge in [-0.1, -0.05) is 0 Å². The lowest BCUT2D eigenvalue weighted by Gasteiger charge is -2.28. The number of carbonyl (C=O) groups excluding carboxylic acids is 1. The molecule has 4 nitrogen and oxygen atoms in total. The molecule has 0 aromatic heterocycles. The van der Waals surface area contributed by atoms with Crippen molar-refractivity contribution in [2.24, 2.45) is 0 Å². The maximum absolute atomic E-state index is 13.1.